The lowest BCUT2D eigenvalue weighted by molar-refractivity contribution is 0.0995. The average molecular weight is 299 g/mol. The summed E-state index contributed by atoms with van der Waals surface area (Å²) in [4.78, 5) is 32.3. The Morgan fingerprint density at radius 3 is 2.41 bits per heavy atom. The van der Waals surface area contributed by atoms with Crippen molar-refractivity contribution in [2.75, 3.05) is 36.0 Å². The Kier molecular flexibility index (Phi) is 3.82. The maximum Gasteiger partial charge on any atom is 0.268 e. The molecule has 0 radical (unpaired) electrons. The van der Waals surface area contributed by atoms with Crippen molar-refractivity contribution >= 4 is 17.5 Å². The molecule has 1 fully saturated rings. The van der Waals surface area contributed by atoms with Crippen LogP contribution in [-0.2, 0) is 0 Å². The molecule has 0 unspecified atom stereocenters. The fourth-order valence-electron chi connectivity index (χ4n) is 2.41. The Morgan fingerprint density at radius 1 is 1.09 bits per heavy atom. The molecule has 0 bridgehead atoms. The minimum absolute atomic E-state index is 0.186. The standard InChI is InChI=1S/C14H17N7O/c1-10-17-3-2-12(18-10)20-4-6-21(7-5-20)13-9-16-8-11(19-13)14(15)22/h2-3,8-9H,4-7H2,1H3,(H2,15,22). The first kappa shape index (κ1) is 14.2. The molecule has 0 saturated carbocycles. The second-order valence-electron chi connectivity index (χ2n) is 5.06. The summed E-state index contributed by atoms with van der Waals surface area (Å²) in [6.07, 6.45) is 4.80. The van der Waals surface area contributed by atoms with E-state index in [0.29, 0.717) is 5.82 Å². The Bertz CT molecular complexity index is 682. The topological polar surface area (TPSA) is 101 Å². The Morgan fingerprint density at radius 2 is 1.77 bits per heavy atom. The molecule has 0 atom stereocenters. The van der Waals surface area contributed by atoms with Crippen molar-refractivity contribution < 1.29 is 4.79 Å². The smallest absolute Gasteiger partial charge is 0.268 e. The van der Waals surface area contributed by atoms with Crippen LogP contribution >= 0.6 is 0 Å². The highest BCUT2D eigenvalue weighted by Crippen LogP contribution is 2.17. The number of rotatable bonds is 3. The van der Waals surface area contributed by atoms with E-state index < -0.39 is 5.91 Å². The highest BCUT2D eigenvalue weighted by atomic mass is 16.1. The molecule has 1 amide bonds. The summed E-state index contributed by atoms with van der Waals surface area (Å²) in [5, 5.41) is 0. The van der Waals surface area contributed by atoms with Gasteiger partial charge in [-0.1, -0.05) is 0 Å². The van der Waals surface area contributed by atoms with Crippen LogP contribution in [-0.4, -0.2) is 52.0 Å². The molecule has 3 rings (SSSR count). The van der Waals surface area contributed by atoms with Crippen molar-refractivity contribution in [3.63, 3.8) is 0 Å². The van der Waals surface area contributed by atoms with E-state index >= 15 is 0 Å². The van der Waals surface area contributed by atoms with E-state index in [1.54, 1.807) is 12.4 Å². The van der Waals surface area contributed by atoms with E-state index in [1.807, 2.05) is 13.0 Å². The normalized spacial score (nSPS) is 15.0. The van der Waals surface area contributed by atoms with Crippen molar-refractivity contribution in [3.8, 4) is 0 Å². The van der Waals surface area contributed by atoms with Gasteiger partial charge in [-0.15, -0.1) is 0 Å². The van der Waals surface area contributed by atoms with Gasteiger partial charge in [-0.05, 0) is 13.0 Å². The molecule has 1 saturated heterocycles. The second kappa shape index (κ2) is 5.92. The maximum atomic E-state index is 11.2. The third-order valence-corrected chi connectivity index (χ3v) is 3.56. The molecule has 2 aromatic heterocycles. The number of piperazine rings is 1. The Labute approximate surface area is 128 Å². The number of aryl methyl sites for hydroxylation is 1. The number of hydrogen-bond donors (Lipinski definition) is 1. The zero-order valence-corrected chi connectivity index (χ0v) is 12.3. The summed E-state index contributed by atoms with van der Waals surface area (Å²) in [6, 6.07) is 1.91. The highest BCUT2D eigenvalue weighted by molar-refractivity contribution is 5.90. The molecule has 2 aromatic rings. The highest BCUT2D eigenvalue weighted by Gasteiger charge is 2.20. The van der Waals surface area contributed by atoms with E-state index in [4.69, 9.17) is 5.73 Å². The van der Waals surface area contributed by atoms with Gasteiger partial charge in [0.15, 0.2) is 0 Å². The maximum absolute atomic E-state index is 11.2. The lowest BCUT2D eigenvalue weighted by Crippen LogP contribution is -2.47. The van der Waals surface area contributed by atoms with Gasteiger partial charge in [-0.2, -0.15) is 0 Å². The van der Waals surface area contributed by atoms with Gasteiger partial charge in [-0.25, -0.2) is 15.0 Å². The van der Waals surface area contributed by atoms with E-state index in [9.17, 15) is 4.79 Å². The number of hydrogen-bond acceptors (Lipinski definition) is 7. The van der Waals surface area contributed by atoms with E-state index in [2.05, 4.69) is 29.7 Å². The number of carbonyl (C=O) groups excluding carboxylic acids is 1. The number of amides is 1. The van der Waals surface area contributed by atoms with Crippen molar-refractivity contribution in [1.29, 1.82) is 0 Å². The van der Waals surface area contributed by atoms with Crippen LogP contribution in [0.5, 0.6) is 0 Å². The van der Waals surface area contributed by atoms with Crippen LogP contribution in [0.25, 0.3) is 0 Å². The van der Waals surface area contributed by atoms with Gasteiger partial charge in [-0.3, -0.25) is 9.78 Å². The van der Waals surface area contributed by atoms with Gasteiger partial charge in [0.05, 0.1) is 12.4 Å². The number of carbonyl (C=O) groups is 1. The largest absolute Gasteiger partial charge is 0.364 e. The molecule has 8 nitrogen and oxygen atoms in total. The van der Waals surface area contributed by atoms with Gasteiger partial charge < -0.3 is 15.5 Å². The Hall–Kier alpha value is -2.77. The molecule has 22 heavy (non-hydrogen) atoms. The predicted octanol–water partition coefficient (Wildman–Crippen LogP) is 0.000520. The number of aromatic nitrogens is 4. The van der Waals surface area contributed by atoms with Crippen LogP contribution in [0.1, 0.15) is 16.3 Å². The molecule has 8 heteroatoms. The minimum atomic E-state index is -0.565. The first-order chi connectivity index (χ1) is 10.6. The van der Waals surface area contributed by atoms with E-state index in [1.165, 1.54) is 6.20 Å². The van der Waals surface area contributed by atoms with Crippen LogP contribution in [0.3, 0.4) is 0 Å². The van der Waals surface area contributed by atoms with Gasteiger partial charge in [0.1, 0.15) is 23.2 Å². The molecule has 0 aromatic carbocycles. The zero-order valence-electron chi connectivity index (χ0n) is 12.3. The van der Waals surface area contributed by atoms with Gasteiger partial charge in [0, 0.05) is 32.4 Å². The van der Waals surface area contributed by atoms with Crippen LogP contribution in [0.2, 0.25) is 0 Å². The summed E-state index contributed by atoms with van der Waals surface area (Å²) in [7, 11) is 0. The van der Waals surface area contributed by atoms with Crippen LogP contribution < -0.4 is 15.5 Å². The SMILES string of the molecule is Cc1nccc(N2CCN(c3cncc(C(N)=O)n3)CC2)n1. The summed E-state index contributed by atoms with van der Waals surface area (Å²) >= 11 is 0. The molecule has 114 valence electrons. The average Bonchev–Trinajstić information content (AvgIpc) is 2.55. The number of primary amides is 1. The summed E-state index contributed by atoms with van der Waals surface area (Å²) in [5.41, 5.74) is 5.43. The van der Waals surface area contributed by atoms with Gasteiger partial charge in [0.2, 0.25) is 0 Å². The second-order valence-corrected chi connectivity index (χ2v) is 5.06. The lowest BCUT2D eigenvalue weighted by Gasteiger charge is -2.35. The number of nitrogens with two attached hydrogens (primary N) is 1. The summed E-state index contributed by atoms with van der Waals surface area (Å²) in [5.74, 6) is 1.81. The number of nitrogens with zero attached hydrogens (tertiary/aromatic N) is 6. The molecule has 2 N–H and O–H groups in total. The molecule has 0 spiro atoms. The molecular formula is C14H17N7O. The van der Waals surface area contributed by atoms with Crippen molar-refractivity contribution in [2.24, 2.45) is 5.73 Å². The molecular weight excluding hydrogens is 282 g/mol. The first-order valence-corrected chi connectivity index (χ1v) is 7.05. The van der Waals surface area contributed by atoms with E-state index in [0.717, 1.165) is 37.8 Å². The van der Waals surface area contributed by atoms with Gasteiger partial charge in [0.25, 0.3) is 5.91 Å². The summed E-state index contributed by atoms with van der Waals surface area (Å²) < 4.78 is 0. The van der Waals surface area contributed by atoms with Crippen molar-refractivity contribution in [2.45, 2.75) is 6.92 Å². The quantitative estimate of drug-likeness (QED) is 0.851. The van der Waals surface area contributed by atoms with E-state index in [-0.39, 0.29) is 5.69 Å². The predicted molar refractivity (Wildman–Crippen MR) is 81.7 cm³/mol. The van der Waals surface area contributed by atoms with Crippen LogP contribution in [0.15, 0.2) is 24.7 Å². The molecule has 3 heterocycles. The Balaban J connectivity index is 1.69. The zero-order chi connectivity index (χ0) is 15.5. The first-order valence-electron chi connectivity index (χ1n) is 7.05. The van der Waals surface area contributed by atoms with Crippen LogP contribution in [0.4, 0.5) is 11.6 Å². The van der Waals surface area contributed by atoms with Crippen molar-refractivity contribution in [1.82, 2.24) is 19.9 Å². The molecule has 1 aliphatic heterocycles. The lowest BCUT2D eigenvalue weighted by atomic mass is 10.3. The van der Waals surface area contributed by atoms with Crippen LogP contribution in [0, 0.1) is 6.92 Å². The molecule has 1 aliphatic rings. The minimum Gasteiger partial charge on any atom is -0.364 e. The fraction of sp³-hybridized carbons (Fsp3) is 0.357. The van der Waals surface area contributed by atoms with Gasteiger partial charge >= 0.3 is 0 Å². The van der Waals surface area contributed by atoms with Crippen molar-refractivity contribution in [3.05, 3.63) is 36.2 Å². The molecule has 0 aliphatic carbocycles. The third-order valence-electron chi connectivity index (χ3n) is 3.56. The number of anilines is 2. The third kappa shape index (κ3) is 2.95. The summed E-state index contributed by atoms with van der Waals surface area (Å²) in [6.45, 7) is 5.07. The monoisotopic (exact) mass is 299 g/mol. The fourth-order valence-corrected chi connectivity index (χ4v) is 2.41.